The third-order valence-corrected chi connectivity index (χ3v) is 4.06. The molecular weight excluding hydrogens is 403 g/mol. The van der Waals surface area contributed by atoms with E-state index in [9.17, 15) is 13.9 Å². The van der Waals surface area contributed by atoms with Gasteiger partial charge in [-0.25, -0.2) is 8.78 Å². The summed E-state index contributed by atoms with van der Waals surface area (Å²) in [6.45, 7) is 2.19. The average Bonchev–Trinajstić information content (AvgIpc) is 2.44. The van der Waals surface area contributed by atoms with E-state index in [0.717, 1.165) is 0 Å². The van der Waals surface area contributed by atoms with Crippen LogP contribution in [0.25, 0.3) is 0 Å². The summed E-state index contributed by atoms with van der Waals surface area (Å²) in [7, 11) is 0. The number of rotatable bonds is 3. The number of phenols is 1. The summed E-state index contributed by atoms with van der Waals surface area (Å²) < 4.78 is 27.4. The van der Waals surface area contributed by atoms with Gasteiger partial charge in [-0.3, -0.25) is 4.90 Å². The van der Waals surface area contributed by atoms with E-state index in [0.29, 0.717) is 30.7 Å². The molecule has 0 amide bonds. The highest BCUT2D eigenvalue weighted by Gasteiger charge is 2.34. The second-order valence-corrected chi connectivity index (χ2v) is 5.39. The van der Waals surface area contributed by atoms with Crippen molar-refractivity contribution in [2.45, 2.75) is 12.5 Å². The van der Waals surface area contributed by atoms with E-state index in [1.54, 1.807) is 4.90 Å². The summed E-state index contributed by atoms with van der Waals surface area (Å²) >= 11 is 3.20. The minimum absolute atomic E-state index is 0. The maximum atomic E-state index is 13.5. The van der Waals surface area contributed by atoms with Crippen LogP contribution in [-0.4, -0.2) is 42.6 Å². The Hall–Kier alpha value is -0.650. The van der Waals surface area contributed by atoms with E-state index >= 15 is 0 Å². The number of hydrogen-bond donors (Lipinski definition) is 2. The molecule has 2 rings (SSSR count). The van der Waals surface area contributed by atoms with Crippen molar-refractivity contribution in [3.63, 3.8) is 0 Å². The smallest absolute Gasteiger partial charge is 0.258 e. The van der Waals surface area contributed by atoms with E-state index in [1.165, 1.54) is 12.1 Å². The highest BCUT2D eigenvalue weighted by Crippen LogP contribution is 2.40. The molecule has 1 saturated heterocycles. The Balaban J connectivity index is 0.00000220. The van der Waals surface area contributed by atoms with E-state index in [1.807, 2.05) is 6.07 Å². The number of nitrogens with zero attached hydrogens (tertiary/aromatic N) is 2. The van der Waals surface area contributed by atoms with Gasteiger partial charge in [0.15, 0.2) is 0 Å². The van der Waals surface area contributed by atoms with Crippen molar-refractivity contribution in [2.75, 3.05) is 26.2 Å². The number of phenolic OH excluding ortho intramolecular Hbond substituents is 1. The van der Waals surface area contributed by atoms with Crippen LogP contribution in [0.3, 0.4) is 0 Å². The zero-order valence-corrected chi connectivity index (χ0v) is 14.6. The molecule has 1 aliphatic heterocycles. The molecule has 0 spiro atoms. The largest absolute Gasteiger partial charge is 0.506 e. The predicted octanol–water partition coefficient (Wildman–Crippen LogP) is 3.08. The molecule has 0 unspecified atom stereocenters. The van der Waals surface area contributed by atoms with Gasteiger partial charge in [0.1, 0.15) is 17.9 Å². The number of alkyl halides is 2. The van der Waals surface area contributed by atoms with Crippen molar-refractivity contribution >= 4 is 40.7 Å². The number of benzene rings is 1. The molecule has 1 fully saturated rings. The first-order valence-corrected chi connectivity index (χ1v) is 7.00. The average molecular weight is 419 g/mol. The van der Waals surface area contributed by atoms with Crippen LogP contribution in [-0.2, 0) is 0 Å². The molecule has 1 atom stereocenters. The molecule has 1 aromatic rings. The molecule has 4 nitrogen and oxygen atoms in total. The molecule has 1 aliphatic rings. The normalized spacial score (nSPS) is 16.3. The number of hydrogen-bond acceptors (Lipinski definition) is 4. The lowest BCUT2D eigenvalue weighted by molar-refractivity contribution is 0.0166. The van der Waals surface area contributed by atoms with Crippen molar-refractivity contribution in [1.82, 2.24) is 10.2 Å². The van der Waals surface area contributed by atoms with Gasteiger partial charge in [-0.05, 0) is 12.1 Å². The first-order chi connectivity index (χ1) is 9.56. The maximum Gasteiger partial charge on any atom is 0.258 e. The second kappa shape index (κ2) is 9.48. The molecule has 0 aliphatic carbocycles. The van der Waals surface area contributed by atoms with Gasteiger partial charge >= 0.3 is 0 Å². The summed E-state index contributed by atoms with van der Waals surface area (Å²) in [6, 6.07) is 3.52. The highest BCUT2D eigenvalue weighted by atomic mass is 79.9. The van der Waals surface area contributed by atoms with Gasteiger partial charge in [0.05, 0.1) is 5.56 Å². The van der Waals surface area contributed by atoms with Crippen molar-refractivity contribution in [2.24, 2.45) is 0 Å². The zero-order valence-electron chi connectivity index (χ0n) is 11.4. The Morgan fingerprint density at radius 1 is 1.27 bits per heavy atom. The van der Waals surface area contributed by atoms with E-state index in [-0.39, 0.29) is 41.7 Å². The second-order valence-electron chi connectivity index (χ2n) is 4.53. The first kappa shape index (κ1) is 21.4. The maximum absolute atomic E-state index is 13.5. The van der Waals surface area contributed by atoms with Gasteiger partial charge in [0, 0.05) is 36.2 Å². The van der Waals surface area contributed by atoms with Crippen LogP contribution in [0.5, 0.6) is 5.75 Å². The van der Waals surface area contributed by atoms with Crippen molar-refractivity contribution < 1.29 is 13.9 Å². The number of piperazine rings is 1. The molecule has 2 N–H and O–H groups in total. The minimum Gasteiger partial charge on any atom is -0.506 e. The fourth-order valence-electron chi connectivity index (χ4n) is 2.38. The standard InChI is InChI=1S/C13H14BrF2N3O.2ClH/c14-9-2-1-8(7-17)12(20)10(9)11(13(15)16)19-5-3-18-4-6-19;;/h1-2,11,13,18,20H,3-6H2;2*1H/t11-;;/m0../s1. The number of nitriles is 1. The van der Waals surface area contributed by atoms with Gasteiger partial charge < -0.3 is 10.4 Å². The summed E-state index contributed by atoms with van der Waals surface area (Å²) in [6.07, 6.45) is -2.65. The van der Waals surface area contributed by atoms with Crippen LogP contribution in [0.15, 0.2) is 16.6 Å². The van der Waals surface area contributed by atoms with E-state index in [4.69, 9.17) is 5.26 Å². The fourth-order valence-corrected chi connectivity index (χ4v) is 2.94. The number of aromatic hydroxyl groups is 1. The number of nitrogens with one attached hydrogen (secondary N) is 1. The summed E-state index contributed by atoms with van der Waals surface area (Å²) in [5.74, 6) is -0.370. The SMILES string of the molecule is Cl.Cl.N#Cc1ccc(Br)c([C@@H](C(F)F)N2CCNCC2)c1O. The van der Waals surface area contributed by atoms with Gasteiger partial charge in [-0.1, -0.05) is 15.9 Å². The molecule has 124 valence electrons. The van der Waals surface area contributed by atoms with Gasteiger partial charge in [0.25, 0.3) is 6.43 Å². The summed E-state index contributed by atoms with van der Waals surface area (Å²) in [5.41, 5.74) is 0.0879. The van der Waals surface area contributed by atoms with E-state index in [2.05, 4.69) is 21.2 Å². The topological polar surface area (TPSA) is 59.3 Å². The molecule has 22 heavy (non-hydrogen) atoms. The molecule has 9 heteroatoms. The van der Waals surface area contributed by atoms with E-state index < -0.39 is 12.5 Å². The molecular formula is C13H16BrCl2F2N3O. The van der Waals surface area contributed by atoms with Gasteiger partial charge in [0.2, 0.25) is 0 Å². The van der Waals surface area contributed by atoms with Gasteiger partial charge in [-0.15, -0.1) is 24.8 Å². The van der Waals surface area contributed by atoms with Crippen LogP contribution in [0.1, 0.15) is 17.2 Å². The van der Waals surface area contributed by atoms with Crippen molar-refractivity contribution in [3.05, 3.63) is 27.7 Å². The lowest BCUT2D eigenvalue weighted by Gasteiger charge is -2.35. The molecule has 0 saturated carbocycles. The Labute approximate surface area is 148 Å². The fraction of sp³-hybridized carbons (Fsp3) is 0.462. The molecule has 0 radical (unpaired) electrons. The highest BCUT2D eigenvalue weighted by molar-refractivity contribution is 9.10. The Bertz CT molecular complexity index is 537. The third kappa shape index (κ3) is 4.43. The summed E-state index contributed by atoms with van der Waals surface area (Å²) in [4.78, 5) is 1.63. The Kier molecular flexibility index (Phi) is 9.20. The van der Waals surface area contributed by atoms with Crippen molar-refractivity contribution in [1.29, 1.82) is 5.26 Å². The van der Waals surface area contributed by atoms with Crippen LogP contribution in [0.4, 0.5) is 8.78 Å². The Morgan fingerprint density at radius 3 is 2.36 bits per heavy atom. The monoisotopic (exact) mass is 417 g/mol. The minimum atomic E-state index is -2.65. The quantitative estimate of drug-likeness (QED) is 0.791. The van der Waals surface area contributed by atoms with Crippen LogP contribution in [0.2, 0.25) is 0 Å². The van der Waals surface area contributed by atoms with Crippen LogP contribution < -0.4 is 5.32 Å². The molecule has 1 heterocycles. The summed E-state index contributed by atoms with van der Waals surface area (Å²) in [5, 5.41) is 22.1. The van der Waals surface area contributed by atoms with Crippen LogP contribution in [0, 0.1) is 11.3 Å². The van der Waals surface area contributed by atoms with Gasteiger partial charge in [-0.2, -0.15) is 5.26 Å². The van der Waals surface area contributed by atoms with Crippen molar-refractivity contribution in [3.8, 4) is 11.8 Å². The Morgan fingerprint density at radius 2 is 1.86 bits per heavy atom. The van der Waals surface area contributed by atoms with Crippen LogP contribution >= 0.6 is 40.7 Å². The zero-order chi connectivity index (χ0) is 14.7. The number of halogens is 5. The molecule has 1 aromatic carbocycles. The molecule has 0 aromatic heterocycles. The lowest BCUT2D eigenvalue weighted by Crippen LogP contribution is -2.47. The lowest BCUT2D eigenvalue weighted by atomic mass is 10.0. The molecule has 0 bridgehead atoms. The first-order valence-electron chi connectivity index (χ1n) is 6.20. The third-order valence-electron chi connectivity index (χ3n) is 3.36. The predicted molar refractivity (Wildman–Crippen MR) is 88.2 cm³/mol.